The number of benzene rings is 1. The number of hydrogen-bond donors (Lipinski definition) is 1. The van der Waals surface area contributed by atoms with Crippen molar-refractivity contribution in [3.05, 3.63) is 35.4 Å². The van der Waals surface area contributed by atoms with Crippen LogP contribution in [0.2, 0.25) is 0 Å². The number of aryl methyl sites for hydroxylation is 1. The van der Waals surface area contributed by atoms with Crippen LogP contribution in [0.5, 0.6) is 0 Å². The van der Waals surface area contributed by atoms with E-state index in [-0.39, 0.29) is 11.9 Å². The van der Waals surface area contributed by atoms with Gasteiger partial charge in [0, 0.05) is 19.6 Å². The summed E-state index contributed by atoms with van der Waals surface area (Å²) in [7, 11) is 0. The largest absolute Gasteiger partial charge is 0.390 e. The Morgan fingerprint density at radius 1 is 1.15 bits per heavy atom. The van der Waals surface area contributed by atoms with Crippen molar-refractivity contribution in [1.29, 1.82) is 0 Å². The highest BCUT2D eigenvalue weighted by atomic mass is 16.5. The van der Waals surface area contributed by atoms with Crippen LogP contribution in [0.3, 0.4) is 0 Å². The van der Waals surface area contributed by atoms with Crippen LogP contribution in [0.25, 0.3) is 0 Å². The first-order valence-corrected chi connectivity index (χ1v) is 9.83. The molecule has 1 aromatic rings. The lowest BCUT2D eigenvalue weighted by molar-refractivity contribution is -0.140. The van der Waals surface area contributed by atoms with Gasteiger partial charge in [-0.3, -0.25) is 9.69 Å². The molecule has 1 N–H and O–H groups in total. The highest BCUT2D eigenvalue weighted by molar-refractivity contribution is 5.82. The van der Waals surface area contributed by atoms with Gasteiger partial charge in [-0.25, -0.2) is 0 Å². The summed E-state index contributed by atoms with van der Waals surface area (Å²) < 4.78 is 5.36. The minimum atomic E-state index is -0.624. The molecule has 5 heteroatoms. The zero-order chi connectivity index (χ0) is 18.6. The van der Waals surface area contributed by atoms with Crippen molar-refractivity contribution in [1.82, 2.24) is 9.80 Å². The third kappa shape index (κ3) is 5.29. The van der Waals surface area contributed by atoms with Gasteiger partial charge in [-0.2, -0.15) is 0 Å². The molecule has 3 rings (SSSR count). The van der Waals surface area contributed by atoms with Gasteiger partial charge in [0.1, 0.15) is 0 Å². The predicted octanol–water partition coefficient (Wildman–Crippen LogP) is 2.21. The molecule has 2 fully saturated rings. The molecule has 1 amide bonds. The number of carbonyl (C=O) groups is 1. The zero-order valence-electron chi connectivity index (χ0n) is 16.1. The van der Waals surface area contributed by atoms with Gasteiger partial charge < -0.3 is 14.7 Å². The van der Waals surface area contributed by atoms with Gasteiger partial charge in [-0.15, -0.1) is 0 Å². The Balaban J connectivity index is 1.56. The molecule has 2 aliphatic heterocycles. The second kappa shape index (κ2) is 8.51. The maximum atomic E-state index is 12.8. The van der Waals surface area contributed by atoms with Crippen molar-refractivity contribution in [2.45, 2.75) is 57.7 Å². The van der Waals surface area contributed by atoms with Gasteiger partial charge in [0.15, 0.2) is 0 Å². The van der Waals surface area contributed by atoms with E-state index in [1.54, 1.807) is 0 Å². The summed E-state index contributed by atoms with van der Waals surface area (Å²) in [5, 5.41) is 9.86. The van der Waals surface area contributed by atoms with Crippen LogP contribution in [-0.2, 0) is 22.5 Å². The number of amides is 1. The van der Waals surface area contributed by atoms with Crippen molar-refractivity contribution in [3.8, 4) is 0 Å². The molecule has 0 bridgehead atoms. The van der Waals surface area contributed by atoms with E-state index in [9.17, 15) is 9.90 Å². The van der Waals surface area contributed by atoms with Crippen molar-refractivity contribution in [2.75, 3.05) is 32.8 Å². The molecule has 2 aliphatic rings. The quantitative estimate of drug-likeness (QED) is 0.845. The lowest BCUT2D eigenvalue weighted by Gasteiger charge is -2.32. The number of nitrogens with zero attached hydrogens (tertiary/aromatic N) is 2. The SMILES string of the molecule is CC(C)(O)CCc1ccc(CN2CCCC2C(=O)N2CCOCC2)cc1. The normalized spacial score (nSPS) is 22.0. The molecule has 0 spiro atoms. The first-order chi connectivity index (χ1) is 12.4. The Kier molecular flexibility index (Phi) is 6.33. The number of carbonyl (C=O) groups excluding carboxylic acids is 1. The molecule has 26 heavy (non-hydrogen) atoms. The van der Waals surface area contributed by atoms with E-state index < -0.39 is 5.60 Å². The smallest absolute Gasteiger partial charge is 0.240 e. The standard InChI is InChI=1S/C21H32N2O3/c1-21(2,25)10-9-17-5-7-18(8-6-17)16-23-11-3-4-19(23)20(24)22-12-14-26-15-13-22/h5-8,19,25H,3-4,9-16H2,1-2H3. The number of morpholine rings is 1. The second-order valence-corrected chi connectivity index (χ2v) is 8.20. The lowest BCUT2D eigenvalue weighted by atomic mass is 9.98. The molecular weight excluding hydrogens is 328 g/mol. The summed E-state index contributed by atoms with van der Waals surface area (Å²) in [5.74, 6) is 0.271. The highest BCUT2D eigenvalue weighted by Gasteiger charge is 2.34. The predicted molar refractivity (Wildman–Crippen MR) is 102 cm³/mol. The Morgan fingerprint density at radius 3 is 2.46 bits per heavy atom. The molecule has 1 aromatic carbocycles. The van der Waals surface area contributed by atoms with Crippen molar-refractivity contribution in [2.24, 2.45) is 0 Å². The van der Waals surface area contributed by atoms with Crippen molar-refractivity contribution in [3.63, 3.8) is 0 Å². The van der Waals surface area contributed by atoms with E-state index in [1.165, 1.54) is 11.1 Å². The summed E-state index contributed by atoms with van der Waals surface area (Å²) in [4.78, 5) is 17.1. The third-order valence-corrected chi connectivity index (χ3v) is 5.41. The van der Waals surface area contributed by atoms with E-state index >= 15 is 0 Å². The van der Waals surface area contributed by atoms with Crippen molar-refractivity contribution < 1.29 is 14.6 Å². The number of ether oxygens (including phenoxy) is 1. The molecule has 144 valence electrons. The lowest BCUT2D eigenvalue weighted by Crippen LogP contribution is -2.49. The second-order valence-electron chi connectivity index (χ2n) is 8.20. The van der Waals surface area contributed by atoms with E-state index in [0.29, 0.717) is 13.2 Å². The summed E-state index contributed by atoms with van der Waals surface area (Å²) in [6.45, 7) is 8.27. The van der Waals surface area contributed by atoms with Crippen LogP contribution in [0, 0.1) is 0 Å². The first-order valence-electron chi connectivity index (χ1n) is 9.83. The average molecular weight is 360 g/mol. The van der Waals surface area contributed by atoms with E-state index in [0.717, 1.165) is 51.9 Å². The molecule has 0 aliphatic carbocycles. The molecule has 1 unspecified atom stereocenters. The average Bonchev–Trinajstić information content (AvgIpc) is 3.09. The fourth-order valence-electron chi connectivity index (χ4n) is 3.79. The summed E-state index contributed by atoms with van der Waals surface area (Å²) in [6.07, 6.45) is 3.69. The number of likely N-dealkylation sites (tertiary alicyclic amines) is 1. The molecule has 5 nitrogen and oxygen atoms in total. The Hall–Kier alpha value is -1.43. The van der Waals surface area contributed by atoms with Crippen LogP contribution in [0.4, 0.5) is 0 Å². The van der Waals surface area contributed by atoms with Gasteiger partial charge in [0.25, 0.3) is 0 Å². The third-order valence-electron chi connectivity index (χ3n) is 5.41. The first kappa shape index (κ1) is 19.3. The minimum absolute atomic E-state index is 0.0166. The zero-order valence-corrected chi connectivity index (χ0v) is 16.1. The van der Waals surface area contributed by atoms with Gasteiger partial charge in [0.05, 0.1) is 24.9 Å². The maximum absolute atomic E-state index is 12.8. The van der Waals surface area contributed by atoms with Gasteiger partial charge in [0.2, 0.25) is 5.91 Å². The summed E-state index contributed by atoms with van der Waals surface area (Å²) >= 11 is 0. The molecule has 2 heterocycles. The van der Waals surface area contributed by atoms with Crippen LogP contribution in [0.15, 0.2) is 24.3 Å². The van der Waals surface area contributed by atoms with Crippen molar-refractivity contribution >= 4 is 5.91 Å². The minimum Gasteiger partial charge on any atom is -0.390 e. The number of aliphatic hydroxyl groups is 1. The number of hydrogen-bond acceptors (Lipinski definition) is 4. The molecule has 0 radical (unpaired) electrons. The van der Waals surface area contributed by atoms with Crippen LogP contribution < -0.4 is 0 Å². The maximum Gasteiger partial charge on any atom is 0.240 e. The van der Waals surface area contributed by atoms with Crippen LogP contribution >= 0.6 is 0 Å². The van der Waals surface area contributed by atoms with E-state index in [1.807, 2.05) is 18.7 Å². The van der Waals surface area contributed by atoms with Gasteiger partial charge in [-0.05, 0) is 57.2 Å². The molecule has 1 atom stereocenters. The fourth-order valence-corrected chi connectivity index (χ4v) is 3.79. The van der Waals surface area contributed by atoms with Gasteiger partial charge in [-0.1, -0.05) is 24.3 Å². The van der Waals surface area contributed by atoms with E-state index in [4.69, 9.17) is 4.74 Å². The number of rotatable bonds is 6. The Morgan fingerprint density at radius 2 is 1.81 bits per heavy atom. The van der Waals surface area contributed by atoms with Crippen LogP contribution in [0.1, 0.15) is 44.2 Å². The molecule has 2 saturated heterocycles. The monoisotopic (exact) mass is 360 g/mol. The van der Waals surface area contributed by atoms with Gasteiger partial charge >= 0.3 is 0 Å². The molecule has 0 saturated carbocycles. The highest BCUT2D eigenvalue weighted by Crippen LogP contribution is 2.23. The molecule has 0 aromatic heterocycles. The molecular formula is C21H32N2O3. The Labute approximate surface area is 156 Å². The topological polar surface area (TPSA) is 53.0 Å². The summed E-state index contributed by atoms with van der Waals surface area (Å²) in [5.41, 5.74) is 1.87. The Bertz CT molecular complexity index is 588. The fraction of sp³-hybridized carbons (Fsp3) is 0.667. The van der Waals surface area contributed by atoms with Crippen LogP contribution in [-0.4, -0.2) is 65.3 Å². The summed E-state index contributed by atoms with van der Waals surface area (Å²) in [6, 6.07) is 8.64. The van der Waals surface area contributed by atoms with E-state index in [2.05, 4.69) is 29.2 Å².